The van der Waals surface area contributed by atoms with Gasteiger partial charge in [-0.05, 0) is 65.0 Å². The van der Waals surface area contributed by atoms with Crippen molar-refractivity contribution in [2.24, 2.45) is 5.73 Å². The maximum atomic E-state index is 13.4. The monoisotopic (exact) mass is 421 g/mol. The molecular weight excluding hydrogens is 393 g/mol. The largest absolute Gasteiger partial charge is 0.598 e. The Morgan fingerprint density at radius 2 is 1.93 bits per heavy atom. The van der Waals surface area contributed by atoms with Crippen LogP contribution in [-0.4, -0.2) is 32.5 Å². The molecule has 1 aromatic heterocycles. The quantitative estimate of drug-likeness (QED) is 0.642. The van der Waals surface area contributed by atoms with Gasteiger partial charge in [0.05, 0.1) is 5.69 Å². The first-order valence-electron chi connectivity index (χ1n) is 9.44. The van der Waals surface area contributed by atoms with Crippen LogP contribution in [0.3, 0.4) is 0 Å². The third-order valence-electron chi connectivity index (χ3n) is 5.01. The van der Waals surface area contributed by atoms with Crippen molar-refractivity contribution >= 4 is 11.4 Å². The van der Waals surface area contributed by atoms with Crippen LogP contribution in [0.15, 0.2) is 30.3 Å². The molecule has 0 spiro atoms. The van der Waals surface area contributed by atoms with Crippen molar-refractivity contribution in [1.29, 1.82) is 0 Å². The summed E-state index contributed by atoms with van der Waals surface area (Å²) in [6.07, 6.45) is 0. The maximum absolute atomic E-state index is 13.4. The van der Waals surface area contributed by atoms with Crippen LogP contribution in [-0.2, 0) is 22.5 Å². The lowest BCUT2D eigenvalue weighted by Gasteiger charge is -2.32. The summed E-state index contributed by atoms with van der Waals surface area (Å²) in [4.78, 5) is 4.60. The molecule has 0 radical (unpaired) electrons. The van der Waals surface area contributed by atoms with Gasteiger partial charge in [0.15, 0.2) is 5.75 Å². The van der Waals surface area contributed by atoms with Gasteiger partial charge in [0, 0.05) is 29.0 Å². The van der Waals surface area contributed by atoms with Crippen LogP contribution in [0.2, 0.25) is 0 Å². The predicted molar refractivity (Wildman–Crippen MR) is 112 cm³/mol. The normalized spacial score (nSPS) is 22.0. The van der Waals surface area contributed by atoms with Crippen LogP contribution in [0.1, 0.15) is 45.9 Å². The van der Waals surface area contributed by atoms with Crippen molar-refractivity contribution in [2.75, 3.05) is 13.2 Å². The molecule has 3 atom stereocenters. The van der Waals surface area contributed by atoms with E-state index in [0.717, 1.165) is 5.56 Å². The highest BCUT2D eigenvalue weighted by Crippen LogP contribution is 2.45. The first-order valence-corrected chi connectivity index (χ1v) is 10.6. The first kappa shape index (κ1) is 22.0. The van der Waals surface area contributed by atoms with Crippen LogP contribution < -0.4 is 15.2 Å². The second kappa shape index (κ2) is 7.52. The van der Waals surface area contributed by atoms with E-state index < -0.39 is 27.2 Å². The van der Waals surface area contributed by atoms with E-state index in [1.165, 1.54) is 12.1 Å². The summed E-state index contributed by atoms with van der Waals surface area (Å²) < 4.78 is 34.9. The minimum Gasteiger partial charge on any atom is -0.598 e. The number of aromatic nitrogens is 1. The van der Waals surface area contributed by atoms with Gasteiger partial charge >= 0.3 is 0 Å². The highest BCUT2D eigenvalue weighted by molar-refractivity contribution is 7.90. The fourth-order valence-electron chi connectivity index (χ4n) is 3.01. The van der Waals surface area contributed by atoms with Crippen molar-refractivity contribution in [2.45, 2.75) is 50.5 Å². The van der Waals surface area contributed by atoms with Crippen LogP contribution in [0, 0.1) is 5.82 Å². The van der Waals surface area contributed by atoms with E-state index in [2.05, 4.69) is 9.71 Å². The molecule has 0 amide bonds. The number of aliphatic hydroxyl groups is 1. The third-order valence-corrected chi connectivity index (χ3v) is 6.76. The lowest BCUT2D eigenvalue weighted by atomic mass is 9.90. The zero-order valence-corrected chi connectivity index (χ0v) is 18.2. The van der Waals surface area contributed by atoms with Gasteiger partial charge in [0.25, 0.3) is 0 Å². The minimum absolute atomic E-state index is 0.0272. The van der Waals surface area contributed by atoms with Gasteiger partial charge in [-0.25, -0.2) is 9.37 Å². The standard InChI is InChI=1S/C21H28FN3O3S/c1-19(2,3)29(27)25-20(4)12-28-18-15(20)10-16(21(5,26)11-23)24-17(18)13-6-8-14(22)9-7-13/h6-10,25-26H,11-12,23H2,1-5H3/t20-,21?,29?/m1/s1. The molecule has 2 aromatic rings. The number of rotatable bonds is 5. The molecule has 0 saturated heterocycles. The number of benzene rings is 1. The summed E-state index contributed by atoms with van der Waals surface area (Å²) in [6.45, 7) is 9.36. The predicted octanol–water partition coefficient (Wildman–Crippen LogP) is 2.71. The molecular formula is C21H28FN3O3S. The van der Waals surface area contributed by atoms with Crippen LogP contribution in [0.4, 0.5) is 4.39 Å². The summed E-state index contributed by atoms with van der Waals surface area (Å²) in [7, 11) is 0. The lowest BCUT2D eigenvalue weighted by molar-refractivity contribution is 0.0622. The summed E-state index contributed by atoms with van der Waals surface area (Å²) in [5.41, 5.74) is 5.88. The zero-order valence-electron chi connectivity index (χ0n) is 17.4. The van der Waals surface area contributed by atoms with E-state index in [4.69, 9.17) is 10.5 Å². The number of ether oxygens (including phenoxy) is 1. The Balaban J connectivity index is 2.17. The number of nitrogens with zero attached hydrogens (tertiary/aromatic N) is 1. The van der Waals surface area contributed by atoms with Crippen molar-refractivity contribution in [3.05, 3.63) is 47.4 Å². The van der Waals surface area contributed by atoms with E-state index in [9.17, 15) is 14.0 Å². The molecule has 2 heterocycles. The molecule has 0 bridgehead atoms. The van der Waals surface area contributed by atoms with Crippen LogP contribution in [0.5, 0.6) is 5.75 Å². The summed E-state index contributed by atoms with van der Waals surface area (Å²) >= 11 is -1.34. The first-order chi connectivity index (χ1) is 13.4. The number of nitrogens with one attached hydrogen (secondary N) is 1. The van der Waals surface area contributed by atoms with Crippen molar-refractivity contribution in [3.63, 3.8) is 0 Å². The summed E-state index contributed by atoms with van der Waals surface area (Å²) in [6, 6.07) is 7.66. The molecule has 29 heavy (non-hydrogen) atoms. The van der Waals surface area contributed by atoms with E-state index in [1.807, 2.05) is 27.7 Å². The Kier molecular flexibility index (Phi) is 5.70. The molecule has 0 fully saturated rings. The Morgan fingerprint density at radius 1 is 1.31 bits per heavy atom. The van der Waals surface area contributed by atoms with Gasteiger partial charge in [-0.15, -0.1) is 4.72 Å². The van der Waals surface area contributed by atoms with E-state index >= 15 is 0 Å². The number of pyridine rings is 1. The molecule has 1 aliphatic rings. The second-order valence-corrected chi connectivity index (χ2v) is 10.8. The molecule has 158 valence electrons. The van der Waals surface area contributed by atoms with E-state index in [1.54, 1.807) is 25.1 Å². The van der Waals surface area contributed by atoms with Crippen molar-refractivity contribution in [1.82, 2.24) is 9.71 Å². The smallest absolute Gasteiger partial charge is 0.151 e. The highest BCUT2D eigenvalue weighted by Gasteiger charge is 2.45. The number of hydrogen-bond donors (Lipinski definition) is 3. The number of hydrogen-bond acceptors (Lipinski definition) is 6. The Hall–Kier alpha value is -1.71. The molecule has 6 nitrogen and oxygen atoms in total. The topological polar surface area (TPSA) is 103 Å². The fourth-order valence-corrected chi connectivity index (χ4v) is 3.89. The maximum Gasteiger partial charge on any atom is 0.151 e. The van der Waals surface area contributed by atoms with Gasteiger partial charge in [-0.2, -0.15) is 0 Å². The van der Waals surface area contributed by atoms with Gasteiger partial charge in [-0.3, -0.25) is 0 Å². The lowest BCUT2D eigenvalue weighted by Crippen LogP contribution is -2.50. The fraction of sp³-hybridized carbons (Fsp3) is 0.476. The Labute approximate surface area is 174 Å². The zero-order chi connectivity index (χ0) is 21.6. The molecule has 3 rings (SSSR count). The van der Waals surface area contributed by atoms with Gasteiger partial charge in [0.1, 0.15) is 34.0 Å². The second-order valence-electron chi connectivity index (χ2n) is 8.82. The Morgan fingerprint density at radius 3 is 2.48 bits per heavy atom. The number of fused-ring (bicyclic) bond motifs is 1. The van der Waals surface area contributed by atoms with E-state index in [0.29, 0.717) is 22.7 Å². The highest BCUT2D eigenvalue weighted by atomic mass is 32.2. The van der Waals surface area contributed by atoms with Gasteiger partial charge in [-0.1, -0.05) is 0 Å². The van der Waals surface area contributed by atoms with Gasteiger partial charge in [0.2, 0.25) is 0 Å². The molecule has 1 aliphatic heterocycles. The van der Waals surface area contributed by atoms with Crippen molar-refractivity contribution in [3.8, 4) is 17.0 Å². The molecule has 1 aromatic carbocycles. The van der Waals surface area contributed by atoms with Crippen molar-refractivity contribution < 1.29 is 18.8 Å². The number of halogens is 1. The van der Waals surface area contributed by atoms with Gasteiger partial charge < -0.3 is 20.1 Å². The molecule has 2 unspecified atom stereocenters. The minimum atomic E-state index is -1.36. The SMILES string of the molecule is CC(O)(CN)c1cc2c(c(-c3ccc(F)cc3)n1)OC[C@@]2(C)N[S+]([O-])C(C)(C)C. The third kappa shape index (κ3) is 4.27. The molecule has 4 N–H and O–H groups in total. The average Bonchev–Trinajstić information content (AvgIpc) is 2.98. The molecule has 0 saturated carbocycles. The molecule has 8 heteroatoms. The van der Waals surface area contributed by atoms with Crippen LogP contribution >= 0.6 is 0 Å². The summed E-state index contributed by atoms with van der Waals surface area (Å²) in [5, 5.41) is 10.8. The number of nitrogens with two attached hydrogens (primary N) is 1. The Bertz CT molecular complexity index is 899. The van der Waals surface area contributed by atoms with Crippen LogP contribution in [0.25, 0.3) is 11.3 Å². The summed E-state index contributed by atoms with van der Waals surface area (Å²) in [5.74, 6) is 0.164. The molecule has 0 aliphatic carbocycles. The average molecular weight is 422 g/mol. The van der Waals surface area contributed by atoms with E-state index in [-0.39, 0.29) is 19.0 Å².